The molecule has 0 saturated carbocycles. The van der Waals surface area contributed by atoms with Crippen LogP contribution in [0.1, 0.15) is 41.3 Å². The second-order valence-corrected chi connectivity index (χ2v) is 8.40. The van der Waals surface area contributed by atoms with Crippen LogP contribution in [0, 0.1) is 6.92 Å². The molecule has 2 N–H and O–H groups in total. The molecule has 7 heteroatoms. The van der Waals surface area contributed by atoms with Crippen LogP contribution in [0.3, 0.4) is 0 Å². The number of unbranched alkanes of at least 4 members (excludes halogenated alkanes) is 1. The van der Waals surface area contributed by atoms with Gasteiger partial charge in [0.25, 0.3) is 15.9 Å². The van der Waals surface area contributed by atoms with Gasteiger partial charge in [-0.3, -0.25) is 14.9 Å². The van der Waals surface area contributed by atoms with Crippen LogP contribution < -0.4 is 10.1 Å². The van der Waals surface area contributed by atoms with E-state index in [0.717, 1.165) is 19.3 Å². The highest BCUT2D eigenvalue weighted by atomic mass is 32.2. The molecule has 0 spiro atoms. The van der Waals surface area contributed by atoms with E-state index in [4.69, 9.17) is 0 Å². The fourth-order valence-electron chi connectivity index (χ4n) is 2.61. The van der Waals surface area contributed by atoms with E-state index in [2.05, 4.69) is 17.1 Å². The smallest absolute Gasteiger partial charge is 0.265 e. The molecule has 0 saturated heterocycles. The molecule has 0 unspecified atom stereocenters. The van der Waals surface area contributed by atoms with Crippen LogP contribution in [0.15, 0.2) is 47.4 Å². The summed E-state index contributed by atoms with van der Waals surface area (Å²) in [6.07, 6.45) is 3.20. The van der Waals surface area contributed by atoms with Gasteiger partial charge in [0, 0.05) is 25.3 Å². The summed E-state index contributed by atoms with van der Waals surface area (Å²) < 4.78 is 28.0. The number of carbonyl (C=O) groups excluding carboxylic acids is 1. The molecule has 1 amide bonds. The van der Waals surface area contributed by atoms with Crippen molar-refractivity contribution in [3.05, 3.63) is 59.2 Å². The zero-order valence-corrected chi connectivity index (χ0v) is 17.1. The van der Waals surface area contributed by atoms with Crippen LogP contribution in [0.4, 0.5) is 5.69 Å². The zero-order chi connectivity index (χ0) is 20.0. The van der Waals surface area contributed by atoms with Crippen molar-refractivity contribution in [1.29, 1.82) is 0 Å². The number of sulfonamides is 1. The Labute approximate surface area is 161 Å². The zero-order valence-electron chi connectivity index (χ0n) is 16.2. The molecule has 0 atom stereocenters. The molecule has 2 aromatic carbocycles. The Balaban J connectivity index is 2.22. The number of nitrogens with zero attached hydrogens (tertiary/aromatic N) is 1. The third kappa shape index (κ3) is 5.80. The molecule has 2 aromatic rings. The third-order valence-corrected chi connectivity index (χ3v) is 5.49. The first kappa shape index (κ1) is 20.9. The topological polar surface area (TPSA) is 78.5 Å². The van der Waals surface area contributed by atoms with E-state index in [9.17, 15) is 13.2 Å². The molecule has 6 nitrogen and oxygen atoms in total. The summed E-state index contributed by atoms with van der Waals surface area (Å²) >= 11 is 0. The minimum Gasteiger partial charge on any atom is -0.285 e. The summed E-state index contributed by atoms with van der Waals surface area (Å²) in [4.78, 5) is 12.3. The van der Waals surface area contributed by atoms with Crippen molar-refractivity contribution in [2.75, 3.05) is 18.8 Å². The van der Waals surface area contributed by atoms with Crippen LogP contribution >= 0.6 is 0 Å². The van der Waals surface area contributed by atoms with Gasteiger partial charge >= 0.3 is 0 Å². The van der Waals surface area contributed by atoms with Crippen LogP contribution in [0.25, 0.3) is 0 Å². The first-order valence-electron chi connectivity index (χ1n) is 8.93. The van der Waals surface area contributed by atoms with Crippen molar-refractivity contribution in [2.45, 2.75) is 38.0 Å². The van der Waals surface area contributed by atoms with Crippen LogP contribution in [-0.2, 0) is 16.4 Å². The largest absolute Gasteiger partial charge is 0.285 e. The molecule has 0 aliphatic rings. The number of rotatable bonds is 8. The Kier molecular flexibility index (Phi) is 6.98. The molecule has 0 bridgehead atoms. The first-order chi connectivity index (χ1) is 12.7. The highest BCUT2D eigenvalue weighted by Crippen LogP contribution is 2.20. The summed E-state index contributed by atoms with van der Waals surface area (Å²) in [6.45, 7) is 3.90. The number of hydrazine groups is 1. The molecular formula is C20H27N3O3S. The average molecular weight is 390 g/mol. The van der Waals surface area contributed by atoms with Crippen molar-refractivity contribution in [1.82, 2.24) is 10.4 Å². The number of aryl methyl sites for hydroxylation is 2. The van der Waals surface area contributed by atoms with Gasteiger partial charge in [-0.25, -0.2) is 13.4 Å². The Bertz CT molecular complexity index is 891. The van der Waals surface area contributed by atoms with Crippen molar-refractivity contribution in [2.24, 2.45) is 0 Å². The van der Waals surface area contributed by atoms with Gasteiger partial charge in [-0.2, -0.15) is 0 Å². The van der Waals surface area contributed by atoms with E-state index >= 15 is 0 Å². The summed E-state index contributed by atoms with van der Waals surface area (Å²) in [7, 11) is -0.400. The second-order valence-electron chi connectivity index (χ2n) is 6.72. The number of nitrogens with one attached hydrogen (secondary N) is 2. The van der Waals surface area contributed by atoms with Gasteiger partial charge in [0.15, 0.2) is 0 Å². The molecule has 0 radical (unpaired) electrons. The predicted molar refractivity (Wildman–Crippen MR) is 108 cm³/mol. The number of benzene rings is 2. The fourth-order valence-corrected chi connectivity index (χ4v) is 3.70. The monoisotopic (exact) mass is 389 g/mol. The molecule has 0 aliphatic heterocycles. The third-order valence-electron chi connectivity index (χ3n) is 4.11. The molecule has 0 aromatic heterocycles. The Hall–Kier alpha value is -2.38. The number of hydrogen-bond donors (Lipinski definition) is 2. The van der Waals surface area contributed by atoms with Gasteiger partial charge in [-0.05, 0) is 55.2 Å². The highest BCUT2D eigenvalue weighted by Gasteiger charge is 2.18. The molecule has 0 fully saturated rings. The maximum Gasteiger partial charge on any atom is 0.265 e. The first-order valence-corrected chi connectivity index (χ1v) is 10.4. The highest BCUT2D eigenvalue weighted by molar-refractivity contribution is 7.92. The Morgan fingerprint density at radius 1 is 1.07 bits per heavy atom. The Morgan fingerprint density at radius 2 is 1.74 bits per heavy atom. The minimum absolute atomic E-state index is 0.0482. The molecule has 27 heavy (non-hydrogen) atoms. The van der Waals surface area contributed by atoms with Gasteiger partial charge in [0.2, 0.25) is 0 Å². The quantitative estimate of drug-likeness (QED) is 0.679. The van der Waals surface area contributed by atoms with Crippen molar-refractivity contribution < 1.29 is 13.2 Å². The molecule has 0 aliphatic carbocycles. The van der Waals surface area contributed by atoms with Gasteiger partial charge in [-0.15, -0.1) is 0 Å². The summed E-state index contributed by atoms with van der Waals surface area (Å²) in [5, 5.41) is 1.52. The Morgan fingerprint density at radius 3 is 2.33 bits per heavy atom. The molecular weight excluding hydrogens is 362 g/mol. The number of hydrogen-bond acceptors (Lipinski definition) is 4. The number of anilines is 1. The minimum atomic E-state index is -3.79. The fraction of sp³-hybridized carbons (Fsp3) is 0.350. The maximum atomic E-state index is 12.7. The lowest BCUT2D eigenvalue weighted by atomic mass is 10.1. The lowest BCUT2D eigenvalue weighted by Gasteiger charge is -2.15. The summed E-state index contributed by atoms with van der Waals surface area (Å²) in [6, 6.07) is 11.9. The van der Waals surface area contributed by atoms with Crippen molar-refractivity contribution in [3.8, 4) is 0 Å². The lowest BCUT2D eigenvalue weighted by molar-refractivity contribution is 0.0856. The van der Waals surface area contributed by atoms with Crippen LogP contribution in [0.5, 0.6) is 0 Å². The van der Waals surface area contributed by atoms with Crippen LogP contribution in [0.2, 0.25) is 0 Å². The van der Waals surface area contributed by atoms with Gasteiger partial charge < -0.3 is 0 Å². The number of carbonyl (C=O) groups is 1. The van der Waals surface area contributed by atoms with Gasteiger partial charge in [-0.1, -0.05) is 31.5 Å². The van der Waals surface area contributed by atoms with E-state index in [0.29, 0.717) is 16.8 Å². The molecule has 0 heterocycles. The average Bonchev–Trinajstić information content (AvgIpc) is 2.60. The van der Waals surface area contributed by atoms with E-state index in [-0.39, 0.29) is 10.8 Å². The van der Waals surface area contributed by atoms with E-state index in [1.807, 2.05) is 12.1 Å². The van der Waals surface area contributed by atoms with E-state index in [1.165, 1.54) is 22.7 Å². The van der Waals surface area contributed by atoms with Crippen molar-refractivity contribution >= 4 is 21.6 Å². The van der Waals surface area contributed by atoms with Crippen LogP contribution in [-0.4, -0.2) is 33.4 Å². The van der Waals surface area contributed by atoms with Crippen molar-refractivity contribution in [3.63, 3.8) is 0 Å². The van der Waals surface area contributed by atoms with Gasteiger partial charge in [0.1, 0.15) is 0 Å². The number of amides is 1. The summed E-state index contributed by atoms with van der Waals surface area (Å²) in [5.74, 6) is -0.352. The van der Waals surface area contributed by atoms with E-state index in [1.54, 1.807) is 39.2 Å². The molecule has 2 rings (SSSR count). The second kappa shape index (κ2) is 9.01. The van der Waals surface area contributed by atoms with E-state index < -0.39 is 10.0 Å². The lowest BCUT2D eigenvalue weighted by Crippen LogP contribution is -2.36. The summed E-state index contributed by atoms with van der Waals surface area (Å²) in [5.41, 5.74) is 5.33. The normalized spacial score (nSPS) is 11.4. The SMILES string of the molecule is CCCCc1ccc(NS(=O)(=O)c2ccc(C)c(C(=O)NN(C)C)c2)cc1. The molecule has 146 valence electrons. The standard InChI is InChI=1S/C20H27N3O3S/c1-5-6-7-16-9-11-17(12-10-16)22-27(25,26)18-13-8-15(2)19(14-18)20(24)21-23(3)4/h8-14,22H,5-7H2,1-4H3,(H,21,24). The maximum absolute atomic E-state index is 12.7. The van der Waals surface area contributed by atoms with Gasteiger partial charge in [0.05, 0.1) is 4.90 Å². The predicted octanol–water partition coefficient (Wildman–Crippen LogP) is 3.34.